The van der Waals surface area contributed by atoms with E-state index in [4.69, 9.17) is 4.74 Å². The van der Waals surface area contributed by atoms with E-state index in [0.29, 0.717) is 34.4 Å². The maximum absolute atomic E-state index is 13.4. The molecule has 0 saturated carbocycles. The monoisotopic (exact) mass is 472 g/mol. The Kier molecular flexibility index (Phi) is 5.74. The zero-order valence-corrected chi connectivity index (χ0v) is 18.8. The van der Waals surface area contributed by atoms with Crippen LogP contribution in [0, 0.1) is 5.82 Å². The highest BCUT2D eigenvalue weighted by Crippen LogP contribution is 2.15. The van der Waals surface area contributed by atoms with E-state index in [2.05, 4.69) is 5.10 Å². The Morgan fingerprint density at radius 1 is 0.971 bits per heavy atom. The van der Waals surface area contributed by atoms with E-state index in [1.165, 1.54) is 21.1 Å². The van der Waals surface area contributed by atoms with Crippen molar-refractivity contribution < 1.29 is 13.9 Å². The van der Waals surface area contributed by atoms with Gasteiger partial charge in [0.15, 0.2) is 5.78 Å². The lowest BCUT2D eigenvalue weighted by Gasteiger charge is -2.09. The van der Waals surface area contributed by atoms with Crippen molar-refractivity contribution in [1.82, 2.24) is 18.7 Å². The Labute approximate surface area is 198 Å². The predicted molar refractivity (Wildman–Crippen MR) is 129 cm³/mol. The number of benzene rings is 3. The summed E-state index contributed by atoms with van der Waals surface area (Å²) < 4.78 is 22.5. The average molecular weight is 472 g/mol. The zero-order valence-electron chi connectivity index (χ0n) is 18.8. The number of para-hydroxylation sites is 1. The third-order valence-electron chi connectivity index (χ3n) is 5.72. The quantitative estimate of drug-likeness (QED) is 0.339. The molecule has 5 rings (SSSR count). The van der Waals surface area contributed by atoms with Gasteiger partial charge in [0, 0.05) is 5.56 Å². The summed E-state index contributed by atoms with van der Waals surface area (Å²) in [6, 6.07) is 19.1. The molecule has 3 aromatic carbocycles. The Balaban J connectivity index is 1.61. The molecule has 0 unspecified atom stereocenters. The normalized spacial score (nSPS) is 11.3. The second kappa shape index (κ2) is 9.02. The van der Waals surface area contributed by atoms with Crippen LogP contribution in [0.4, 0.5) is 4.39 Å². The summed E-state index contributed by atoms with van der Waals surface area (Å²) in [4.78, 5) is 39.5. The molecule has 0 radical (unpaired) electrons. The third-order valence-corrected chi connectivity index (χ3v) is 5.72. The van der Waals surface area contributed by atoms with Crippen LogP contribution in [-0.2, 0) is 13.1 Å². The number of hydrogen-bond donors (Lipinski definition) is 0. The summed E-state index contributed by atoms with van der Waals surface area (Å²) in [7, 11) is 0. The van der Waals surface area contributed by atoms with Gasteiger partial charge in [0.1, 0.15) is 18.1 Å². The summed E-state index contributed by atoms with van der Waals surface area (Å²) in [5.41, 5.74) is 0.590. The van der Waals surface area contributed by atoms with Crippen LogP contribution in [0.15, 0.2) is 82.4 Å². The fourth-order valence-electron chi connectivity index (χ4n) is 4.02. The van der Waals surface area contributed by atoms with Crippen molar-refractivity contribution in [1.29, 1.82) is 0 Å². The Morgan fingerprint density at radius 2 is 1.69 bits per heavy atom. The van der Waals surface area contributed by atoms with E-state index in [-0.39, 0.29) is 30.2 Å². The van der Waals surface area contributed by atoms with E-state index in [1.807, 2.05) is 6.92 Å². The van der Waals surface area contributed by atoms with Crippen LogP contribution in [0.3, 0.4) is 0 Å². The second-order valence-electron chi connectivity index (χ2n) is 7.99. The van der Waals surface area contributed by atoms with Crippen molar-refractivity contribution >= 4 is 22.5 Å². The summed E-state index contributed by atoms with van der Waals surface area (Å²) in [6.45, 7) is 2.16. The molecule has 35 heavy (non-hydrogen) atoms. The first-order valence-electron chi connectivity index (χ1n) is 11.1. The second-order valence-corrected chi connectivity index (χ2v) is 7.99. The molecule has 2 heterocycles. The fraction of sp³-hybridized carbons (Fsp3) is 0.154. The first kappa shape index (κ1) is 22.3. The van der Waals surface area contributed by atoms with Gasteiger partial charge in [-0.3, -0.25) is 14.2 Å². The van der Waals surface area contributed by atoms with E-state index >= 15 is 0 Å². The topological polar surface area (TPSA) is 87.6 Å². The highest BCUT2D eigenvalue weighted by molar-refractivity contribution is 5.96. The molecule has 0 N–H and O–H groups in total. The summed E-state index contributed by atoms with van der Waals surface area (Å²) in [5, 5.41) is 4.69. The number of fused-ring (bicyclic) bond motifs is 3. The molecule has 0 atom stereocenters. The number of carbonyl (C=O) groups excluding carboxylic acids is 1. The Hall–Kier alpha value is -4.53. The molecule has 0 aliphatic rings. The number of ether oxygens (including phenoxy) is 1. The number of carbonyl (C=O) groups is 1. The molecule has 0 spiro atoms. The minimum absolute atomic E-state index is 0.0801. The molecule has 2 aromatic heterocycles. The predicted octanol–water partition coefficient (Wildman–Crippen LogP) is 3.28. The van der Waals surface area contributed by atoms with Crippen molar-refractivity contribution in [2.75, 3.05) is 6.61 Å². The lowest BCUT2D eigenvalue weighted by Crippen LogP contribution is -2.27. The van der Waals surface area contributed by atoms with Gasteiger partial charge < -0.3 is 4.74 Å². The summed E-state index contributed by atoms with van der Waals surface area (Å²) in [6.07, 6.45) is 0. The molecule has 0 aliphatic carbocycles. The first-order valence-corrected chi connectivity index (χ1v) is 11.1. The number of Topliss-reactive ketones (excluding diaryl/α,β-unsaturated/α-hetero) is 1. The maximum Gasteiger partial charge on any atom is 0.352 e. The number of ketones is 1. The largest absolute Gasteiger partial charge is 0.494 e. The van der Waals surface area contributed by atoms with Gasteiger partial charge in [0.2, 0.25) is 5.78 Å². The van der Waals surface area contributed by atoms with Crippen LogP contribution in [0.25, 0.3) is 16.7 Å². The molecule has 0 fully saturated rings. The number of nitrogens with zero attached hydrogens (tertiary/aromatic N) is 4. The fourth-order valence-corrected chi connectivity index (χ4v) is 4.02. The molecule has 9 heteroatoms. The molecular formula is C26H21FN4O4. The highest BCUT2D eigenvalue weighted by Gasteiger charge is 2.19. The number of rotatable bonds is 7. The molecule has 8 nitrogen and oxygen atoms in total. The number of halogens is 1. The highest BCUT2D eigenvalue weighted by atomic mass is 19.1. The van der Waals surface area contributed by atoms with Gasteiger partial charge in [-0.1, -0.05) is 24.3 Å². The van der Waals surface area contributed by atoms with Crippen LogP contribution in [0.5, 0.6) is 5.75 Å². The maximum atomic E-state index is 13.4. The van der Waals surface area contributed by atoms with E-state index in [0.717, 1.165) is 4.68 Å². The van der Waals surface area contributed by atoms with Crippen molar-refractivity contribution in [2.45, 2.75) is 20.0 Å². The van der Waals surface area contributed by atoms with Crippen LogP contribution < -0.4 is 16.0 Å². The molecule has 5 aromatic rings. The molecule has 0 amide bonds. The molecular weight excluding hydrogens is 451 g/mol. The van der Waals surface area contributed by atoms with Gasteiger partial charge in [-0.2, -0.15) is 0 Å². The standard InChI is InChI=1S/C26H21FN4O4/c1-2-35-20-13-9-18(10-14-20)23(32)16-30-26(34)31-22-6-4-3-5-21(22)24(33)29(25(31)28-30)15-17-7-11-19(27)12-8-17/h3-14H,2,15-16H2,1H3. The molecule has 176 valence electrons. The van der Waals surface area contributed by atoms with Crippen molar-refractivity contribution in [3.63, 3.8) is 0 Å². The van der Waals surface area contributed by atoms with Crippen LogP contribution in [0.2, 0.25) is 0 Å². The van der Waals surface area contributed by atoms with Crippen molar-refractivity contribution in [3.05, 3.63) is 111 Å². The average Bonchev–Trinajstić information content (AvgIpc) is 3.19. The van der Waals surface area contributed by atoms with Gasteiger partial charge in [0.05, 0.1) is 24.1 Å². The van der Waals surface area contributed by atoms with Crippen molar-refractivity contribution in [2.24, 2.45) is 0 Å². The first-order chi connectivity index (χ1) is 17.0. The minimum atomic E-state index is -0.539. The van der Waals surface area contributed by atoms with Gasteiger partial charge in [-0.05, 0) is 61.0 Å². The van der Waals surface area contributed by atoms with E-state index in [1.54, 1.807) is 60.7 Å². The Morgan fingerprint density at radius 3 is 2.40 bits per heavy atom. The lowest BCUT2D eigenvalue weighted by atomic mass is 10.1. The smallest absolute Gasteiger partial charge is 0.352 e. The number of aromatic nitrogens is 4. The van der Waals surface area contributed by atoms with Crippen molar-refractivity contribution in [3.8, 4) is 5.75 Å². The van der Waals surface area contributed by atoms with Crippen LogP contribution in [0.1, 0.15) is 22.8 Å². The van der Waals surface area contributed by atoms with Gasteiger partial charge in [-0.15, -0.1) is 5.10 Å². The zero-order chi connectivity index (χ0) is 24.5. The van der Waals surface area contributed by atoms with E-state index < -0.39 is 11.5 Å². The van der Waals surface area contributed by atoms with Gasteiger partial charge in [0.25, 0.3) is 5.56 Å². The third kappa shape index (κ3) is 4.12. The minimum Gasteiger partial charge on any atom is -0.494 e. The summed E-state index contributed by atoms with van der Waals surface area (Å²) >= 11 is 0. The molecule has 0 saturated heterocycles. The molecule has 0 aliphatic heterocycles. The van der Waals surface area contributed by atoms with Crippen LogP contribution >= 0.6 is 0 Å². The lowest BCUT2D eigenvalue weighted by molar-refractivity contribution is 0.0966. The summed E-state index contributed by atoms with van der Waals surface area (Å²) in [5.74, 6) is 0.0427. The van der Waals surface area contributed by atoms with Gasteiger partial charge >= 0.3 is 5.69 Å². The van der Waals surface area contributed by atoms with Gasteiger partial charge in [-0.25, -0.2) is 18.3 Å². The SMILES string of the molecule is CCOc1ccc(C(=O)Cn2nc3n(Cc4ccc(F)cc4)c(=O)c4ccccc4n3c2=O)cc1. The molecule has 0 bridgehead atoms. The van der Waals surface area contributed by atoms with E-state index in [9.17, 15) is 18.8 Å². The number of hydrogen-bond acceptors (Lipinski definition) is 5. The van der Waals surface area contributed by atoms with Crippen LogP contribution in [-0.4, -0.2) is 31.1 Å². The Bertz CT molecular complexity index is 1670.